The number of halogens is 1. The van der Waals surface area contributed by atoms with E-state index < -0.39 is 0 Å². The van der Waals surface area contributed by atoms with Crippen molar-refractivity contribution in [2.75, 3.05) is 6.54 Å². The summed E-state index contributed by atoms with van der Waals surface area (Å²) in [7, 11) is 0. The fourth-order valence-corrected chi connectivity index (χ4v) is 2.28. The Kier molecular flexibility index (Phi) is 6.18. The van der Waals surface area contributed by atoms with Gasteiger partial charge in [-0.05, 0) is 29.7 Å². The zero-order valence-electron chi connectivity index (χ0n) is 12.8. The third kappa shape index (κ3) is 5.42. The van der Waals surface area contributed by atoms with E-state index >= 15 is 0 Å². The number of hydrogen-bond acceptors (Lipinski definition) is 3. The number of benzene rings is 2. The molecule has 2 rings (SSSR count). The third-order valence-corrected chi connectivity index (χ3v) is 3.49. The molecule has 0 aliphatic heterocycles. The normalized spacial score (nSPS) is 10.2. The summed E-state index contributed by atoms with van der Waals surface area (Å²) in [5, 5.41) is 3.02. The standard InChI is InChI=1S/C18H18ClNO3/c1-13(21)20-11-5-8-18(22)23-17-10-9-15(12-16(17)19)14-6-3-2-4-7-14/h2-4,6-7,9-10,12H,5,8,11H2,1H3,(H,20,21). The molecule has 0 unspecified atom stereocenters. The third-order valence-electron chi connectivity index (χ3n) is 3.19. The van der Waals surface area contributed by atoms with Gasteiger partial charge >= 0.3 is 5.97 Å². The molecular weight excluding hydrogens is 314 g/mol. The van der Waals surface area contributed by atoms with Gasteiger partial charge in [-0.3, -0.25) is 9.59 Å². The average Bonchev–Trinajstić information content (AvgIpc) is 2.54. The summed E-state index contributed by atoms with van der Waals surface area (Å²) in [4.78, 5) is 22.5. The van der Waals surface area contributed by atoms with Crippen LogP contribution in [0.2, 0.25) is 5.02 Å². The van der Waals surface area contributed by atoms with Crippen LogP contribution in [0, 0.1) is 0 Å². The molecule has 1 amide bonds. The van der Waals surface area contributed by atoms with Crippen LogP contribution in [0.15, 0.2) is 48.5 Å². The van der Waals surface area contributed by atoms with Crippen molar-refractivity contribution >= 4 is 23.5 Å². The van der Waals surface area contributed by atoms with Crippen LogP contribution in [0.4, 0.5) is 0 Å². The lowest BCUT2D eigenvalue weighted by atomic mass is 10.1. The molecule has 0 bridgehead atoms. The van der Waals surface area contributed by atoms with Gasteiger partial charge in [0.1, 0.15) is 5.75 Å². The Morgan fingerprint density at radius 2 is 1.83 bits per heavy atom. The van der Waals surface area contributed by atoms with E-state index in [0.29, 0.717) is 23.7 Å². The van der Waals surface area contributed by atoms with Crippen molar-refractivity contribution < 1.29 is 14.3 Å². The summed E-state index contributed by atoms with van der Waals surface area (Å²) in [6.45, 7) is 1.89. The number of nitrogens with one attached hydrogen (secondary N) is 1. The second-order valence-electron chi connectivity index (χ2n) is 5.07. The number of ether oxygens (including phenoxy) is 1. The van der Waals surface area contributed by atoms with E-state index in [1.807, 2.05) is 36.4 Å². The van der Waals surface area contributed by atoms with Crippen molar-refractivity contribution in [3.05, 3.63) is 53.6 Å². The Labute approximate surface area is 140 Å². The van der Waals surface area contributed by atoms with Crippen LogP contribution in [0.5, 0.6) is 5.75 Å². The lowest BCUT2D eigenvalue weighted by molar-refractivity contribution is -0.134. The fourth-order valence-electron chi connectivity index (χ4n) is 2.06. The van der Waals surface area contributed by atoms with E-state index in [0.717, 1.165) is 11.1 Å². The van der Waals surface area contributed by atoms with E-state index in [9.17, 15) is 9.59 Å². The van der Waals surface area contributed by atoms with Gasteiger partial charge in [0.15, 0.2) is 0 Å². The van der Waals surface area contributed by atoms with Crippen molar-refractivity contribution in [3.63, 3.8) is 0 Å². The molecular formula is C18H18ClNO3. The van der Waals surface area contributed by atoms with E-state index in [4.69, 9.17) is 16.3 Å². The lowest BCUT2D eigenvalue weighted by Crippen LogP contribution is -2.22. The molecule has 23 heavy (non-hydrogen) atoms. The maximum atomic E-state index is 11.8. The molecule has 0 aliphatic carbocycles. The highest BCUT2D eigenvalue weighted by molar-refractivity contribution is 6.32. The Balaban J connectivity index is 1.93. The van der Waals surface area contributed by atoms with E-state index in [1.165, 1.54) is 6.92 Å². The monoisotopic (exact) mass is 331 g/mol. The number of carbonyl (C=O) groups excluding carboxylic acids is 2. The summed E-state index contributed by atoms with van der Waals surface area (Å²) in [6.07, 6.45) is 0.745. The molecule has 0 heterocycles. The molecule has 0 radical (unpaired) electrons. The maximum absolute atomic E-state index is 11.8. The second kappa shape index (κ2) is 8.34. The van der Waals surface area contributed by atoms with Crippen molar-refractivity contribution in [1.29, 1.82) is 0 Å². The molecule has 0 atom stereocenters. The average molecular weight is 332 g/mol. The SMILES string of the molecule is CC(=O)NCCCC(=O)Oc1ccc(-c2ccccc2)cc1Cl. The first-order valence-electron chi connectivity index (χ1n) is 7.36. The molecule has 0 aliphatic rings. The minimum Gasteiger partial charge on any atom is -0.425 e. The van der Waals surface area contributed by atoms with Crippen molar-refractivity contribution in [1.82, 2.24) is 5.32 Å². The van der Waals surface area contributed by atoms with Gasteiger partial charge in [-0.1, -0.05) is 48.0 Å². The maximum Gasteiger partial charge on any atom is 0.311 e. The summed E-state index contributed by atoms with van der Waals surface area (Å²) < 4.78 is 5.26. The minimum absolute atomic E-state index is 0.113. The topological polar surface area (TPSA) is 55.4 Å². The molecule has 120 valence electrons. The second-order valence-corrected chi connectivity index (χ2v) is 5.48. The Morgan fingerprint density at radius 1 is 1.09 bits per heavy atom. The van der Waals surface area contributed by atoms with E-state index in [-0.39, 0.29) is 18.3 Å². The summed E-state index contributed by atoms with van der Waals surface area (Å²) in [5.74, 6) is -0.140. The van der Waals surface area contributed by atoms with Gasteiger partial charge in [0.2, 0.25) is 5.91 Å². The van der Waals surface area contributed by atoms with Gasteiger partial charge in [-0.15, -0.1) is 0 Å². The smallest absolute Gasteiger partial charge is 0.311 e. The molecule has 0 saturated carbocycles. The summed E-state index contributed by atoms with van der Waals surface area (Å²) in [5.41, 5.74) is 2.00. The first-order valence-corrected chi connectivity index (χ1v) is 7.74. The Morgan fingerprint density at radius 3 is 2.48 bits per heavy atom. The molecule has 0 saturated heterocycles. The predicted octanol–water partition coefficient (Wildman–Crippen LogP) is 3.83. The predicted molar refractivity (Wildman–Crippen MR) is 90.4 cm³/mol. The number of carbonyl (C=O) groups is 2. The first kappa shape index (κ1) is 17.0. The van der Waals surface area contributed by atoms with Gasteiger partial charge in [-0.25, -0.2) is 0 Å². The number of esters is 1. The van der Waals surface area contributed by atoms with Crippen molar-refractivity contribution in [3.8, 4) is 16.9 Å². The van der Waals surface area contributed by atoms with Crippen LogP contribution >= 0.6 is 11.6 Å². The summed E-state index contributed by atoms with van der Waals surface area (Å²) >= 11 is 6.19. The molecule has 1 N–H and O–H groups in total. The van der Waals surface area contributed by atoms with Gasteiger partial charge in [0.25, 0.3) is 0 Å². The molecule has 0 spiro atoms. The number of hydrogen-bond donors (Lipinski definition) is 1. The minimum atomic E-state index is -0.371. The Hall–Kier alpha value is -2.33. The zero-order chi connectivity index (χ0) is 16.7. The quantitative estimate of drug-likeness (QED) is 0.497. The van der Waals surface area contributed by atoms with Crippen LogP contribution in [-0.4, -0.2) is 18.4 Å². The van der Waals surface area contributed by atoms with Gasteiger partial charge in [0, 0.05) is 19.9 Å². The van der Waals surface area contributed by atoms with Crippen LogP contribution in [0.1, 0.15) is 19.8 Å². The molecule has 4 nitrogen and oxygen atoms in total. The lowest BCUT2D eigenvalue weighted by Gasteiger charge is -2.08. The van der Waals surface area contributed by atoms with E-state index in [1.54, 1.807) is 12.1 Å². The van der Waals surface area contributed by atoms with Crippen LogP contribution in [-0.2, 0) is 9.59 Å². The molecule has 0 fully saturated rings. The first-order chi connectivity index (χ1) is 11.1. The molecule has 0 aromatic heterocycles. The molecule has 2 aromatic carbocycles. The van der Waals surface area contributed by atoms with E-state index in [2.05, 4.69) is 5.32 Å². The Bertz CT molecular complexity index is 686. The summed E-state index contributed by atoms with van der Waals surface area (Å²) in [6, 6.07) is 15.1. The van der Waals surface area contributed by atoms with Crippen molar-refractivity contribution in [2.45, 2.75) is 19.8 Å². The van der Waals surface area contributed by atoms with Crippen LogP contribution < -0.4 is 10.1 Å². The van der Waals surface area contributed by atoms with Crippen molar-refractivity contribution in [2.24, 2.45) is 0 Å². The van der Waals surface area contributed by atoms with Crippen LogP contribution in [0.25, 0.3) is 11.1 Å². The zero-order valence-corrected chi connectivity index (χ0v) is 13.6. The highest BCUT2D eigenvalue weighted by Gasteiger charge is 2.09. The number of rotatable bonds is 6. The van der Waals surface area contributed by atoms with Gasteiger partial charge < -0.3 is 10.1 Å². The highest BCUT2D eigenvalue weighted by atomic mass is 35.5. The molecule has 5 heteroatoms. The molecule has 2 aromatic rings. The van der Waals surface area contributed by atoms with Crippen LogP contribution in [0.3, 0.4) is 0 Å². The fraction of sp³-hybridized carbons (Fsp3) is 0.222. The van der Waals surface area contributed by atoms with Gasteiger partial charge in [-0.2, -0.15) is 0 Å². The van der Waals surface area contributed by atoms with Gasteiger partial charge in [0.05, 0.1) is 5.02 Å². The number of amides is 1. The highest BCUT2D eigenvalue weighted by Crippen LogP contribution is 2.30. The largest absolute Gasteiger partial charge is 0.425 e.